The molecule has 0 saturated carbocycles. The van der Waals surface area contributed by atoms with E-state index in [9.17, 15) is 8.42 Å². The van der Waals surface area contributed by atoms with Gasteiger partial charge in [-0.05, 0) is 48.2 Å². The fourth-order valence-corrected chi connectivity index (χ4v) is 3.80. The van der Waals surface area contributed by atoms with Gasteiger partial charge in [-0.2, -0.15) is 0 Å². The molecule has 4 nitrogen and oxygen atoms in total. The Labute approximate surface area is 135 Å². The highest BCUT2D eigenvalue weighted by Gasteiger charge is 2.18. The van der Waals surface area contributed by atoms with Crippen molar-refractivity contribution in [2.24, 2.45) is 0 Å². The van der Waals surface area contributed by atoms with Gasteiger partial charge in [-0.15, -0.1) is 0 Å². The van der Waals surface area contributed by atoms with Crippen LogP contribution >= 0.6 is 0 Å². The minimum absolute atomic E-state index is 0.273. The van der Waals surface area contributed by atoms with E-state index in [1.54, 1.807) is 37.4 Å². The number of anilines is 1. The Morgan fingerprint density at radius 2 is 1.52 bits per heavy atom. The molecule has 0 amide bonds. The molecular weight excluding hydrogens is 310 g/mol. The van der Waals surface area contributed by atoms with Gasteiger partial charge in [0.2, 0.25) is 0 Å². The molecule has 0 aliphatic heterocycles. The highest BCUT2D eigenvalue weighted by atomic mass is 32.2. The lowest BCUT2D eigenvalue weighted by Crippen LogP contribution is -2.13. The van der Waals surface area contributed by atoms with Crippen molar-refractivity contribution >= 4 is 26.5 Å². The first-order valence-corrected chi connectivity index (χ1v) is 8.65. The average molecular weight is 327 g/mol. The maximum absolute atomic E-state index is 12.7. The summed E-state index contributed by atoms with van der Waals surface area (Å²) in [7, 11) is -2.10. The molecule has 0 aliphatic rings. The molecule has 0 radical (unpaired) electrons. The topological polar surface area (TPSA) is 55.4 Å². The molecule has 0 aromatic heterocycles. The Kier molecular flexibility index (Phi) is 3.96. The van der Waals surface area contributed by atoms with Crippen LogP contribution in [0.1, 0.15) is 5.56 Å². The number of sulfonamides is 1. The van der Waals surface area contributed by atoms with Gasteiger partial charge in [0.1, 0.15) is 5.75 Å². The number of benzene rings is 3. The fraction of sp³-hybridized carbons (Fsp3) is 0.111. The van der Waals surface area contributed by atoms with E-state index < -0.39 is 10.0 Å². The van der Waals surface area contributed by atoms with Crippen molar-refractivity contribution in [1.29, 1.82) is 0 Å². The Hall–Kier alpha value is -2.53. The second-order valence-corrected chi connectivity index (χ2v) is 6.91. The standard InChI is InChI=1S/C18H17NO3S/c1-13-7-12-18(17-6-4-3-5-16(13)17)23(20,21)19-14-8-10-15(22-2)11-9-14/h3-12,19H,1-2H3. The Bertz CT molecular complexity index is 948. The number of methoxy groups -OCH3 is 1. The van der Waals surface area contributed by atoms with Gasteiger partial charge < -0.3 is 4.74 Å². The van der Waals surface area contributed by atoms with Crippen LogP contribution in [0.5, 0.6) is 5.75 Å². The molecule has 0 bridgehead atoms. The predicted octanol–water partition coefficient (Wildman–Crippen LogP) is 3.96. The second kappa shape index (κ2) is 5.93. The van der Waals surface area contributed by atoms with Crippen molar-refractivity contribution in [2.45, 2.75) is 11.8 Å². The van der Waals surface area contributed by atoms with Gasteiger partial charge in [-0.25, -0.2) is 8.42 Å². The van der Waals surface area contributed by atoms with Gasteiger partial charge in [-0.1, -0.05) is 30.3 Å². The summed E-state index contributed by atoms with van der Waals surface area (Å²) in [6.45, 7) is 1.97. The fourth-order valence-electron chi connectivity index (χ4n) is 2.53. The van der Waals surface area contributed by atoms with Crippen molar-refractivity contribution in [1.82, 2.24) is 0 Å². The zero-order valence-corrected chi connectivity index (χ0v) is 13.7. The monoisotopic (exact) mass is 327 g/mol. The Morgan fingerprint density at radius 1 is 0.870 bits per heavy atom. The number of hydrogen-bond donors (Lipinski definition) is 1. The molecule has 5 heteroatoms. The maximum atomic E-state index is 12.7. The highest BCUT2D eigenvalue weighted by Crippen LogP contribution is 2.27. The summed E-state index contributed by atoms with van der Waals surface area (Å²) in [5.74, 6) is 0.675. The van der Waals surface area contributed by atoms with Crippen molar-refractivity contribution < 1.29 is 13.2 Å². The predicted molar refractivity (Wildman–Crippen MR) is 92.5 cm³/mol. The minimum atomic E-state index is -3.67. The van der Waals surface area contributed by atoms with E-state index in [1.807, 2.05) is 37.3 Å². The third-order valence-corrected chi connectivity index (χ3v) is 5.17. The summed E-state index contributed by atoms with van der Waals surface area (Å²) in [6.07, 6.45) is 0. The summed E-state index contributed by atoms with van der Waals surface area (Å²) in [5, 5.41) is 1.65. The van der Waals surface area contributed by atoms with Gasteiger partial charge in [0.15, 0.2) is 0 Å². The number of ether oxygens (including phenoxy) is 1. The van der Waals surface area contributed by atoms with Crippen molar-refractivity contribution in [3.05, 3.63) is 66.2 Å². The van der Waals surface area contributed by atoms with E-state index >= 15 is 0 Å². The van der Waals surface area contributed by atoms with E-state index in [-0.39, 0.29) is 4.90 Å². The summed E-state index contributed by atoms with van der Waals surface area (Å²) in [5.41, 5.74) is 1.54. The molecule has 0 saturated heterocycles. The van der Waals surface area contributed by atoms with Gasteiger partial charge in [0.25, 0.3) is 10.0 Å². The normalized spacial score (nSPS) is 11.4. The van der Waals surface area contributed by atoms with Crippen molar-refractivity contribution in [2.75, 3.05) is 11.8 Å². The summed E-state index contributed by atoms with van der Waals surface area (Å²) >= 11 is 0. The lowest BCUT2D eigenvalue weighted by atomic mass is 10.1. The number of aryl methyl sites for hydroxylation is 1. The van der Waals surface area contributed by atoms with Crippen LogP contribution in [0, 0.1) is 6.92 Å². The number of hydrogen-bond acceptors (Lipinski definition) is 3. The van der Waals surface area contributed by atoms with Crippen LogP contribution in [0.2, 0.25) is 0 Å². The quantitative estimate of drug-likeness (QED) is 0.789. The third-order valence-electron chi connectivity index (χ3n) is 3.73. The molecule has 1 N–H and O–H groups in total. The number of fused-ring (bicyclic) bond motifs is 1. The Balaban J connectivity index is 2.04. The van der Waals surface area contributed by atoms with Crippen LogP contribution in [0.4, 0.5) is 5.69 Å². The van der Waals surface area contributed by atoms with E-state index in [1.165, 1.54) is 0 Å². The smallest absolute Gasteiger partial charge is 0.262 e. The largest absolute Gasteiger partial charge is 0.497 e. The van der Waals surface area contributed by atoms with E-state index in [0.29, 0.717) is 16.8 Å². The average Bonchev–Trinajstić information content (AvgIpc) is 2.55. The Morgan fingerprint density at radius 3 is 2.17 bits per heavy atom. The van der Waals surface area contributed by atoms with Crippen molar-refractivity contribution in [3.8, 4) is 5.75 Å². The SMILES string of the molecule is COc1ccc(NS(=O)(=O)c2ccc(C)c3ccccc23)cc1. The summed E-state index contributed by atoms with van der Waals surface area (Å²) in [4.78, 5) is 0.273. The molecule has 23 heavy (non-hydrogen) atoms. The van der Waals surface area contributed by atoms with Gasteiger partial charge in [0, 0.05) is 11.1 Å². The first-order chi connectivity index (χ1) is 11.0. The molecule has 0 fully saturated rings. The third kappa shape index (κ3) is 3.00. The van der Waals surface area contributed by atoms with E-state index in [4.69, 9.17) is 4.74 Å². The van der Waals surface area contributed by atoms with Crippen LogP contribution in [0.15, 0.2) is 65.6 Å². The molecule has 3 aromatic carbocycles. The highest BCUT2D eigenvalue weighted by molar-refractivity contribution is 7.93. The van der Waals surface area contributed by atoms with Gasteiger partial charge in [-0.3, -0.25) is 4.72 Å². The minimum Gasteiger partial charge on any atom is -0.497 e. The van der Waals surface area contributed by atoms with E-state index in [2.05, 4.69) is 4.72 Å². The van der Waals surface area contributed by atoms with Crippen molar-refractivity contribution in [3.63, 3.8) is 0 Å². The molecule has 118 valence electrons. The first kappa shape index (κ1) is 15.4. The molecular formula is C18H17NO3S. The van der Waals surface area contributed by atoms with Gasteiger partial charge in [0.05, 0.1) is 12.0 Å². The van der Waals surface area contributed by atoms with Crippen LogP contribution in [-0.2, 0) is 10.0 Å². The molecule has 0 heterocycles. The second-order valence-electron chi connectivity index (χ2n) is 5.26. The molecule has 0 atom stereocenters. The lowest BCUT2D eigenvalue weighted by molar-refractivity contribution is 0.415. The van der Waals surface area contributed by atoms with Crippen LogP contribution in [0.25, 0.3) is 10.8 Å². The van der Waals surface area contributed by atoms with Crippen LogP contribution < -0.4 is 9.46 Å². The van der Waals surface area contributed by atoms with Crippen LogP contribution in [0.3, 0.4) is 0 Å². The maximum Gasteiger partial charge on any atom is 0.262 e. The summed E-state index contributed by atoms with van der Waals surface area (Å²) < 4.78 is 33.2. The lowest BCUT2D eigenvalue weighted by Gasteiger charge is -2.12. The zero-order valence-electron chi connectivity index (χ0n) is 12.9. The molecule has 3 rings (SSSR count). The molecule has 0 spiro atoms. The molecule has 3 aromatic rings. The van der Waals surface area contributed by atoms with E-state index in [0.717, 1.165) is 10.9 Å². The first-order valence-electron chi connectivity index (χ1n) is 7.16. The summed E-state index contributed by atoms with van der Waals surface area (Å²) in [6, 6.07) is 17.7. The van der Waals surface area contributed by atoms with Gasteiger partial charge >= 0.3 is 0 Å². The molecule has 0 aliphatic carbocycles. The molecule has 0 unspecified atom stereocenters. The van der Waals surface area contributed by atoms with Crippen LogP contribution in [-0.4, -0.2) is 15.5 Å². The number of rotatable bonds is 4. The number of nitrogens with one attached hydrogen (secondary N) is 1. The zero-order chi connectivity index (χ0) is 16.4.